The molecule has 7 nitrogen and oxygen atoms in total. The molecule has 2 rings (SSSR count). The van der Waals surface area contributed by atoms with E-state index in [-0.39, 0.29) is 23.5 Å². The highest BCUT2D eigenvalue weighted by Crippen LogP contribution is 2.21. The summed E-state index contributed by atoms with van der Waals surface area (Å²) in [5, 5.41) is 25.7. The van der Waals surface area contributed by atoms with Crippen LogP contribution in [0.2, 0.25) is 0 Å². The largest absolute Gasteiger partial charge is 0.508 e. The van der Waals surface area contributed by atoms with Crippen molar-refractivity contribution >= 4 is 29.0 Å². The van der Waals surface area contributed by atoms with Gasteiger partial charge in [-0.05, 0) is 18.2 Å². The van der Waals surface area contributed by atoms with Crippen molar-refractivity contribution in [2.75, 3.05) is 5.32 Å². The summed E-state index contributed by atoms with van der Waals surface area (Å²) in [6.45, 7) is 0.254. The second-order valence-corrected chi connectivity index (χ2v) is 4.75. The van der Waals surface area contributed by atoms with Gasteiger partial charge in [0.05, 0.1) is 17.8 Å². The molecule has 1 aromatic carbocycles. The third kappa shape index (κ3) is 3.45. The van der Waals surface area contributed by atoms with E-state index in [1.54, 1.807) is 11.6 Å². The highest BCUT2D eigenvalue weighted by molar-refractivity contribution is 7.09. The van der Waals surface area contributed by atoms with Crippen molar-refractivity contribution in [1.82, 2.24) is 10.3 Å². The summed E-state index contributed by atoms with van der Waals surface area (Å²) in [7, 11) is 0. The number of carboxylic acids is 1. The molecule has 1 aromatic heterocycles. The molecule has 0 spiro atoms. The van der Waals surface area contributed by atoms with E-state index in [2.05, 4.69) is 15.6 Å². The van der Waals surface area contributed by atoms with E-state index in [4.69, 9.17) is 5.11 Å². The van der Waals surface area contributed by atoms with E-state index in [9.17, 15) is 14.7 Å². The number of carbonyl (C=O) groups excluding carboxylic acids is 1. The predicted octanol–water partition coefficient (Wildman–Crippen LogP) is 1.87. The van der Waals surface area contributed by atoms with Crippen molar-refractivity contribution in [2.45, 2.75) is 6.54 Å². The maximum absolute atomic E-state index is 11.7. The van der Waals surface area contributed by atoms with Crippen molar-refractivity contribution < 1.29 is 19.8 Å². The third-order valence-electron chi connectivity index (χ3n) is 2.37. The Morgan fingerprint density at radius 3 is 2.80 bits per heavy atom. The lowest BCUT2D eigenvalue weighted by molar-refractivity contribution is 0.0697. The van der Waals surface area contributed by atoms with E-state index in [0.29, 0.717) is 0 Å². The number of urea groups is 1. The Hall–Kier alpha value is -2.61. The molecule has 0 bridgehead atoms. The summed E-state index contributed by atoms with van der Waals surface area (Å²) >= 11 is 1.40. The number of phenols is 1. The predicted molar refractivity (Wildman–Crippen MR) is 73.0 cm³/mol. The van der Waals surface area contributed by atoms with E-state index in [0.717, 1.165) is 11.1 Å². The standard InChI is InChI=1S/C12H11N3O4S/c16-7-1-2-9(8(5-7)11(17)18)15-12(19)14-6-10-13-3-4-20-10/h1-5,16H,6H2,(H,17,18)(H2,14,15,19). The van der Waals surface area contributed by atoms with Gasteiger partial charge in [0.15, 0.2) is 0 Å². The first-order valence-corrected chi connectivity index (χ1v) is 6.44. The van der Waals surface area contributed by atoms with Crippen molar-refractivity contribution in [2.24, 2.45) is 0 Å². The fraction of sp³-hybridized carbons (Fsp3) is 0.0833. The van der Waals surface area contributed by atoms with Gasteiger partial charge in [0.1, 0.15) is 10.8 Å². The molecule has 0 aliphatic carbocycles. The lowest BCUT2D eigenvalue weighted by Crippen LogP contribution is -2.28. The number of benzene rings is 1. The van der Waals surface area contributed by atoms with Crippen molar-refractivity contribution in [3.8, 4) is 5.75 Å². The number of anilines is 1. The molecule has 0 saturated heterocycles. The van der Waals surface area contributed by atoms with Crippen LogP contribution < -0.4 is 10.6 Å². The quantitative estimate of drug-likeness (QED) is 0.643. The van der Waals surface area contributed by atoms with Crippen LogP contribution in [0.25, 0.3) is 0 Å². The smallest absolute Gasteiger partial charge is 0.337 e. The number of nitrogens with one attached hydrogen (secondary N) is 2. The average Bonchev–Trinajstić information content (AvgIpc) is 2.91. The van der Waals surface area contributed by atoms with Gasteiger partial charge in [-0.25, -0.2) is 14.6 Å². The maximum atomic E-state index is 11.7. The average molecular weight is 293 g/mol. The third-order valence-corrected chi connectivity index (χ3v) is 3.15. The lowest BCUT2D eigenvalue weighted by Gasteiger charge is -2.09. The van der Waals surface area contributed by atoms with Gasteiger partial charge in [-0.2, -0.15) is 0 Å². The van der Waals surface area contributed by atoms with Crippen molar-refractivity contribution in [3.05, 3.63) is 40.3 Å². The number of hydrogen-bond donors (Lipinski definition) is 4. The molecule has 0 radical (unpaired) electrons. The van der Waals surface area contributed by atoms with Gasteiger partial charge in [-0.15, -0.1) is 11.3 Å². The van der Waals surface area contributed by atoms with Crippen LogP contribution >= 0.6 is 11.3 Å². The Balaban J connectivity index is 2.02. The molecular weight excluding hydrogens is 282 g/mol. The Morgan fingerprint density at radius 1 is 1.35 bits per heavy atom. The van der Waals surface area contributed by atoms with Gasteiger partial charge < -0.3 is 20.8 Å². The highest BCUT2D eigenvalue weighted by atomic mass is 32.1. The number of aromatic nitrogens is 1. The van der Waals surface area contributed by atoms with Gasteiger partial charge in [0, 0.05) is 11.6 Å². The summed E-state index contributed by atoms with van der Waals surface area (Å²) in [5.41, 5.74) is -0.0821. The van der Waals surface area contributed by atoms with Crippen LogP contribution in [0, 0.1) is 0 Å². The molecule has 0 aliphatic rings. The fourth-order valence-electron chi connectivity index (χ4n) is 1.48. The topological polar surface area (TPSA) is 112 Å². The molecule has 8 heteroatoms. The zero-order valence-corrected chi connectivity index (χ0v) is 11.0. The molecule has 104 valence electrons. The zero-order chi connectivity index (χ0) is 14.5. The molecule has 2 amide bonds. The van der Waals surface area contributed by atoms with E-state index in [1.807, 2.05) is 0 Å². The molecule has 0 atom stereocenters. The number of nitrogens with zero attached hydrogens (tertiary/aromatic N) is 1. The van der Waals surface area contributed by atoms with Crippen LogP contribution in [0.1, 0.15) is 15.4 Å². The minimum Gasteiger partial charge on any atom is -0.508 e. The van der Waals surface area contributed by atoms with Crippen LogP contribution in [0.5, 0.6) is 5.75 Å². The molecule has 0 fully saturated rings. The van der Waals surface area contributed by atoms with Crippen LogP contribution in [0.15, 0.2) is 29.8 Å². The first kappa shape index (κ1) is 13.8. The van der Waals surface area contributed by atoms with Gasteiger partial charge in [-0.3, -0.25) is 0 Å². The van der Waals surface area contributed by atoms with Crippen LogP contribution in [0.3, 0.4) is 0 Å². The number of phenolic OH excluding ortho intramolecular Hbond substituents is 1. The van der Waals surface area contributed by atoms with E-state index < -0.39 is 12.0 Å². The molecule has 0 aliphatic heterocycles. The van der Waals surface area contributed by atoms with Gasteiger partial charge in [0.2, 0.25) is 0 Å². The molecule has 0 saturated carbocycles. The first-order chi connectivity index (χ1) is 9.56. The Morgan fingerprint density at radius 2 is 2.15 bits per heavy atom. The summed E-state index contributed by atoms with van der Waals surface area (Å²) in [4.78, 5) is 26.7. The summed E-state index contributed by atoms with van der Waals surface area (Å²) in [5.74, 6) is -1.42. The monoisotopic (exact) mass is 293 g/mol. The van der Waals surface area contributed by atoms with Crippen molar-refractivity contribution in [1.29, 1.82) is 0 Å². The molecule has 2 aromatic rings. The Bertz CT molecular complexity index is 628. The molecule has 4 N–H and O–H groups in total. The Labute approximate surface area is 117 Å². The number of amides is 2. The number of rotatable bonds is 4. The van der Waals surface area contributed by atoms with Gasteiger partial charge in [0.25, 0.3) is 0 Å². The molecule has 20 heavy (non-hydrogen) atoms. The van der Waals surface area contributed by atoms with Crippen LogP contribution in [-0.4, -0.2) is 27.2 Å². The number of carbonyl (C=O) groups is 2. The number of carboxylic acid groups (broad SMARTS) is 1. The van der Waals surface area contributed by atoms with Gasteiger partial charge >= 0.3 is 12.0 Å². The SMILES string of the molecule is O=C(NCc1nccs1)Nc1ccc(O)cc1C(=O)O. The normalized spacial score (nSPS) is 10.0. The number of aromatic carboxylic acids is 1. The van der Waals surface area contributed by atoms with E-state index in [1.165, 1.54) is 23.5 Å². The van der Waals surface area contributed by atoms with Crippen LogP contribution in [0.4, 0.5) is 10.5 Å². The number of thiazole rings is 1. The molecule has 0 unspecified atom stereocenters. The zero-order valence-electron chi connectivity index (χ0n) is 10.2. The second-order valence-electron chi connectivity index (χ2n) is 3.77. The maximum Gasteiger partial charge on any atom is 0.337 e. The lowest BCUT2D eigenvalue weighted by atomic mass is 10.1. The number of aromatic hydroxyl groups is 1. The fourth-order valence-corrected chi connectivity index (χ4v) is 2.04. The number of hydrogen-bond acceptors (Lipinski definition) is 5. The molecule has 1 heterocycles. The summed E-state index contributed by atoms with van der Waals surface area (Å²) in [6, 6.07) is 3.14. The summed E-state index contributed by atoms with van der Waals surface area (Å²) in [6.07, 6.45) is 1.63. The highest BCUT2D eigenvalue weighted by Gasteiger charge is 2.13. The first-order valence-electron chi connectivity index (χ1n) is 5.56. The van der Waals surface area contributed by atoms with Crippen molar-refractivity contribution in [3.63, 3.8) is 0 Å². The van der Waals surface area contributed by atoms with Gasteiger partial charge in [-0.1, -0.05) is 0 Å². The summed E-state index contributed by atoms with van der Waals surface area (Å²) < 4.78 is 0. The van der Waals surface area contributed by atoms with Crippen LogP contribution in [-0.2, 0) is 6.54 Å². The Kier molecular flexibility index (Phi) is 4.16. The molecular formula is C12H11N3O4S. The van der Waals surface area contributed by atoms with E-state index >= 15 is 0 Å². The minimum absolute atomic E-state index is 0.104. The minimum atomic E-state index is -1.24. The second kappa shape index (κ2) is 6.02.